The zero-order valence-corrected chi connectivity index (χ0v) is 10.6. The Balaban J connectivity index is 2.10. The Kier molecular flexibility index (Phi) is 4.12. The van der Waals surface area contributed by atoms with Gasteiger partial charge in [-0.3, -0.25) is 0 Å². The zero-order chi connectivity index (χ0) is 13.8. The molecule has 2 rings (SSSR count). The lowest BCUT2D eigenvalue weighted by Crippen LogP contribution is -2.17. The Bertz CT molecular complexity index is 553. The fraction of sp³-hybridized carbons (Fsp3) is 0.200. The smallest absolute Gasteiger partial charge is 0.168 e. The summed E-state index contributed by atoms with van der Waals surface area (Å²) in [7, 11) is 0. The van der Waals surface area contributed by atoms with Gasteiger partial charge in [-0.25, -0.2) is 8.78 Å². The van der Waals surface area contributed by atoms with Crippen molar-refractivity contribution in [2.24, 2.45) is 5.73 Å². The average Bonchev–Trinajstić information content (AvgIpc) is 2.34. The summed E-state index contributed by atoms with van der Waals surface area (Å²) < 4.78 is 31.5. The van der Waals surface area contributed by atoms with Crippen LogP contribution in [0.5, 0.6) is 11.5 Å². The van der Waals surface area contributed by atoms with Gasteiger partial charge in [0.1, 0.15) is 11.6 Å². The minimum absolute atomic E-state index is 0.00124. The minimum atomic E-state index is -0.723. The fourth-order valence-electron chi connectivity index (χ4n) is 1.75. The molecule has 100 valence electrons. The largest absolute Gasteiger partial charge is 0.454 e. The van der Waals surface area contributed by atoms with Crippen LogP contribution in [0.25, 0.3) is 0 Å². The molecule has 0 saturated carbocycles. The molecule has 4 heteroatoms. The van der Waals surface area contributed by atoms with Crippen LogP contribution in [0.2, 0.25) is 0 Å². The first-order valence-corrected chi connectivity index (χ1v) is 6.02. The van der Waals surface area contributed by atoms with Crippen molar-refractivity contribution in [3.8, 4) is 11.5 Å². The van der Waals surface area contributed by atoms with Gasteiger partial charge in [0.05, 0.1) is 0 Å². The summed E-state index contributed by atoms with van der Waals surface area (Å²) in [6, 6.07) is 10.5. The molecule has 19 heavy (non-hydrogen) atoms. The first-order valence-electron chi connectivity index (χ1n) is 6.02. The Morgan fingerprint density at radius 2 is 1.79 bits per heavy atom. The van der Waals surface area contributed by atoms with Crippen molar-refractivity contribution in [1.29, 1.82) is 0 Å². The van der Waals surface area contributed by atoms with Gasteiger partial charge >= 0.3 is 0 Å². The molecule has 0 saturated heterocycles. The second-order valence-corrected chi connectivity index (χ2v) is 4.50. The normalized spacial score (nSPS) is 12.2. The lowest BCUT2D eigenvalue weighted by molar-refractivity contribution is 0.437. The monoisotopic (exact) mass is 263 g/mol. The van der Waals surface area contributed by atoms with Crippen LogP contribution in [-0.4, -0.2) is 6.04 Å². The highest BCUT2D eigenvalue weighted by atomic mass is 19.1. The molecule has 2 aromatic rings. The first-order chi connectivity index (χ1) is 9.04. The molecule has 0 spiro atoms. The van der Waals surface area contributed by atoms with Crippen LogP contribution in [0.1, 0.15) is 12.5 Å². The molecule has 0 amide bonds. The molecule has 1 unspecified atom stereocenters. The highest BCUT2D eigenvalue weighted by Crippen LogP contribution is 2.25. The third-order valence-electron chi connectivity index (χ3n) is 2.60. The van der Waals surface area contributed by atoms with Gasteiger partial charge in [-0.1, -0.05) is 12.1 Å². The summed E-state index contributed by atoms with van der Waals surface area (Å²) in [6.07, 6.45) is 0.769. The van der Waals surface area contributed by atoms with E-state index in [1.54, 1.807) is 12.1 Å². The third kappa shape index (κ3) is 3.76. The van der Waals surface area contributed by atoms with Crippen molar-refractivity contribution >= 4 is 0 Å². The van der Waals surface area contributed by atoms with E-state index >= 15 is 0 Å². The van der Waals surface area contributed by atoms with Gasteiger partial charge in [0.15, 0.2) is 11.6 Å². The van der Waals surface area contributed by atoms with Gasteiger partial charge in [-0.15, -0.1) is 0 Å². The molecule has 0 aliphatic rings. The number of nitrogens with two attached hydrogens (primary N) is 1. The highest BCUT2D eigenvalue weighted by molar-refractivity contribution is 5.34. The summed E-state index contributed by atoms with van der Waals surface area (Å²) in [4.78, 5) is 0. The van der Waals surface area contributed by atoms with E-state index in [9.17, 15) is 8.78 Å². The quantitative estimate of drug-likeness (QED) is 0.913. The molecule has 0 fully saturated rings. The van der Waals surface area contributed by atoms with Crippen molar-refractivity contribution in [2.45, 2.75) is 19.4 Å². The number of hydrogen-bond acceptors (Lipinski definition) is 2. The number of benzene rings is 2. The predicted octanol–water partition coefficient (Wildman–Crippen LogP) is 3.65. The summed E-state index contributed by atoms with van der Waals surface area (Å²) in [6.45, 7) is 1.93. The maximum atomic E-state index is 13.4. The van der Waals surface area contributed by atoms with Gasteiger partial charge < -0.3 is 10.5 Å². The summed E-state index contributed by atoms with van der Waals surface area (Å²) in [5, 5.41) is 0. The average molecular weight is 263 g/mol. The van der Waals surface area contributed by atoms with E-state index in [-0.39, 0.29) is 11.8 Å². The molecule has 2 nitrogen and oxygen atoms in total. The lowest BCUT2D eigenvalue weighted by atomic mass is 10.1. The van der Waals surface area contributed by atoms with E-state index in [4.69, 9.17) is 10.5 Å². The topological polar surface area (TPSA) is 35.2 Å². The molecular formula is C15H15F2NO. The number of rotatable bonds is 4. The SMILES string of the molecule is CC(N)Cc1ccc(Oc2ccc(F)cc2F)cc1. The predicted molar refractivity (Wildman–Crippen MR) is 70.2 cm³/mol. The highest BCUT2D eigenvalue weighted by Gasteiger charge is 2.06. The number of ether oxygens (including phenoxy) is 1. The maximum absolute atomic E-state index is 13.4. The van der Waals surface area contributed by atoms with E-state index in [2.05, 4.69) is 0 Å². The Labute approximate surface area is 110 Å². The van der Waals surface area contributed by atoms with Gasteiger partial charge in [-0.05, 0) is 43.2 Å². The van der Waals surface area contributed by atoms with Crippen LogP contribution in [0.3, 0.4) is 0 Å². The van der Waals surface area contributed by atoms with E-state index in [1.165, 1.54) is 6.07 Å². The minimum Gasteiger partial charge on any atom is -0.454 e. The molecular weight excluding hydrogens is 248 g/mol. The molecule has 0 heterocycles. The van der Waals surface area contributed by atoms with Crippen molar-refractivity contribution < 1.29 is 13.5 Å². The molecule has 2 N–H and O–H groups in total. The summed E-state index contributed by atoms with van der Waals surface area (Å²) in [5.41, 5.74) is 6.79. The summed E-state index contributed by atoms with van der Waals surface area (Å²) >= 11 is 0. The van der Waals surface area contributed by atoms with E-state index in [1.807, 2.05) is 19.1 Å². The van der Waals surface area contributed by atoms with Crippen LogP contribution in [-0.2, 0) is 6.42 Å². The van der Waals surface area contributed by atoms with Gasteiger partial charge in [0, 0.05) is 12.1 Å². The van der Waals surface area contributed by atoms with Gasteiger partial charge in [0.25, 0.3) is 0 Å². The van der Waals surface area contributed by atoms with Gasteiger partial charge in [0.2, 0.25) is 0 Å². The van der Waals surface area contributed by atoms with Crippen molar-refractivity contribution in [2.75, 3.05) is 0 Å². The van der Waals surface area contributed by atoms with Crippen molar-refractivity contribution in [1.82, 2.24) is 0 Å². The molecule has 2 aromatic carbocycles. The van der Waals surface area contributed by atoms with Crippen LogP contribution >= 0.6 is 0 Å². The molecule has 0 aliphatic carbocycles. The molecule has 0 bridgehead atoms. The number of hydrogen-bond donors (Lipinski definition) is 1. The van der Waals surface area contributed by atoms with Crippen molar-refractivity contribution in [3.05, 3.63) is 59.7 Å². The molecule has 0 radical (unpaired) electrons. The molecule has 1 atom stereocenters. The van der Waals surface area contributed by atoms with E-state index < -0.39 is 11.6 Å². The first kappa shape index (κ1) is 13.5. The third-order valence-corrected chi connectivity index (χ3v) is 2.60. The van der Waals surface area contributed by atoms with Crippen molar-refractivity contribution in [3.63, 3.8) is 0 Å². The van der Waals surface area contributed by atoms with Crippen LogP contribution in [0, 0.1) is 11.6 Å². The number of halogens is 2. The van der Waals surface area contributed by atoms with Crippen LogP contribution < -0.4 is 10.5 Å². The van der Waals surface area contributed by atoms with Gasteiger partial charge in [-0.2, -0.15) is 0 Å². The van der Waals surface area contributed by atoms with E-state index in [0.29, 0.717) is 5.75 Å². The second kappa shape index (κ2) is 5.80. The van der Waals surface area contributed by atoms with E-state index in [0.717, 1.165) is 24.1 Å². The Hall–Kier alpha value is -1.94. The van der Waals surface area contributed by atoms with Crippen LogP contribution in [0.15, 0.2) is 42.5 Å². The Morgan fingerprint density at radius 3 is 2.37 bits per heavy atom. The summed E-state index contributed by atoms with van der Waals surface area (Å²) in [5.74, 6) is -0.850. The molecule has 0 aromatic heterocycles. The standard InChI is InChI=1S/C15H15F2NO/c1-10(18)8-11-2-5-13(6-3-11)19-15-7-4-12(16)9-14(15)17/h2-7,9-10H,8,18H2,1H3. The molecule has 0 aliphatic heterocycles. The van der Waals surface area contributed by atoms with Crippen LogP contribution in [0.4, 0.5) is 8.78 Å². The zero-order valence-electron chi connectivity index (χ0n) is 10.6. The Morgan fingerprint density at radius 1 is 1.11 bits per heavy atom. The fourth-order valence-corrected chi connectivity index (χ4v) is 1.75. The lowest BCUT2D eigenvalue weighted by Gasteiger charge is -2.09. The second-order valence-electron chi connectivity index (χ2n) is 4.50. The maximum Gasteiger partial charge on any atom is 0.168 e.